The van der Waals surface area contributed by atoms with Crippen molar-refractivity contribution in [2.45, 2.75) is 11.8 Å². The Morgan fingerprint density at radius 1 is 1.31 bits per heavy atom. The highest BCUT2D eigenvalue weighted by Crippen LogP contribution is 2.56. The Bertz CT molecular complexity index is 332. The number of hydrogen-bond acceptors (Lipinski definition) is 1. The molecule has 2 heteroatoms. The van der Waals surface area contributed by atoms with E-state index in [2.05, 4.69) is 5.32 Å². The zero-order valence-electron chi connectivity index (χ0n) is 7.39. The van der Waals surface area contributed by atoms with Gasteiger partial charge in [-0.15, -0.1) is 0 Å². The van der Waals surface area contributed by atoms with Gasteiger partial charge in [-0.1, -0.05) is 12.1 Å². The molecule has 1 saturated carbocycles. The highest BCUT2D eigenvalue weighted by atomic mass is 19.1. The molecule has 68 valence electrons. The van der Waals surface area contributed by atoms with E-state index in [0.29, 0.717) is 5.41 Å². The summed E-state index contributed by atoms with van der Waals surface area (Å²) in [6.45, 7) is 2.21. The van der Waals surface area contributed by atoms with Crippen LogP contribution < -0.4 is 5.32 Å². The first-order valence-electron chi connectivity index (χ1n) is 4.78. The van der Waals surface area contributed by atoms with Gasteiger partial charge in [-0.05, 0) is 36.6 Å². The molecule has 2 aliphatic rings. The Kier molecular flexibility index (Phi) is 1.34. The van der Waals surface area contributed by atoms with Crippen molar-refractivity contribution < 1.29 is 4.39 Å². The molecule has 1 aromatic rings. The smallest absolute Gasteiger partial charge is 0.123 e. The summed E-state index contributed by atoms with van der Waals surface area (Å²) in [6.07, 6.45) is 1.28. The number of fused-ring (bicyclic) bond motifs is 1. The number of hydrogen-bond donors (Lipinski definition) is 1. The second-order valence-corrected chi connectivity index (χ2v) is 4.19. The fraction of sp³-hybridized carbons (Fsp3) is 0.455. The van der Waals surface area contributed by atoms with Crippen LogP contribution in [0.15, 0.2) is 24.3 Å². The summed E-state index contributed by atoms with van der Waals surface area (Å²) in [5, 5.41) is 3.38. The lowest BCUT2D eigenvalue weighted by Crippen LogP contribution is -2.19. The van der Waals surface area contributed by atoms with E-state index < -0.39 is 0 Å². The molecule has 1 aliphatic heterocycles. The number of piperidine rings is 1. The van der Waals surface area contributed by atoms with Crippen molar-refractivity contribution in [1.82, 2.24) is 5.32 Å². The van der Waals surface area contributed by atoms with Gasteiger partial charge in [0.05, 0.1) is 0 Å². The molecule has 0 radical (unpaired) electrons. The van der Waals surface area contributed by atoms with Crippen LogP contribution in [0.5, 0.6) is 0 Å². The summed E-state index contributed by atoms with van der Waals surface area (Å²) in [7, 11) is 0. The molecule has 2 atom stereocenters. The van der Waals surface area contributed by atoms with Gasteiger partial charge in [0, 0.05) is 12.0 Å². The van der Waals surface area contributed by atoms with E-state index in [1.165, 1.54) is 12.0 Å². The molecule has 0 aromatic heterocycles. The van der Waals surface area contributed by atoms with Gasteiger partial charge in [0.1, 0.15) is 5.82 Å². The fourth-order valence-corrected chi connectivity index (χ4v) is 2.57. The van der Waals surface area contributed by atoms with Crippen molar-refractivity contribution in [3.8, 4) is 0 Å². The molecule has 1 N–H and O–H groups in total. The SMILES string of the molecule is Fc1ccc([C@@]23CNC[C@@H]2C3)cc1. The fourth-order valence-electron chi connectivity index (χ4n) is 2.57. The van der Waals surface area contributed by atoms with Crippen LogP contribution in [0.1, 0.15) is 12.0 Å². The van der Waals surface area contributed by atoms with Crippen molar-refractivity contribution in [2.24, 2.45) is 5.92 Å². The zero-order chi connectivity index (χ0) is 8.89. The maximum Gasteiger partial charge on any atom is 0.123 e. The normalized spacial score (nSPS) is 35.9. The third-order valence-corrected chi connectivity index (χ3v) is 3.48. The van der Waals surface area contributed by atoms with Gasteiger partial charge >= 0.3 is 0 Å². The Labute approximate surface area is 77.0 Å². The van der Waals surface area contributed by atoms with E-state index in [9.17, 15) is 4.39 Å². The minimum absolute atomic E-state index is 0.136. The van der Waals surface area contributed by atoms with E-state index in [4.69, 9.17) is 0 Å². The Balaban J connectivity index is 1.97. The summed E-state index contributed by atoms with van der Waals surface area (Å²) in [5.74, 6) is 0.668. The van der Waals surface area contributed by atoms with Crippen molar-refractivity contribution in [2.75, 3.05) is 13.1 Å². The summed E-state index contributed by atoms with van der Waals surface area (Å²) < 4.78 is 12.7. The monoisotopic (exact) mass is 177 g/mol. The van der Waals surface area contributed by atoms with E-state index in [1.54, 1.807) is 12.1 Å². The van der Waals surface area contributed by atoms with Crippen LogP contribution in [-0.2, 0) is 5.41 Å². The maximum atomic E-state index is 12.7. The van der Waals surface area contributed by atoms with Crippen molar-refractivity contribution in [3.05, 3.63) is 35.6 Å². The van der Waals surface area contributed by atoms with Crippen LogP contribution in [-0.4, -0.2) is 13.1 Å². The summed E-state index contributed by atoms with van der Waals surface area (Å²) in [5.41, 5.74) is 1.68. The van der Waals surface area contributed by atoms with Crippen LogP contribution in [0.4, 0.5) is 4.39 Å². The van der Waals surface area contributed by atoms with E-state index in [1.807, 2.05) is 12.1 Å². The third-order valence-electron chi connectivity index (χ3n) is 3.48. The van der Waals surface area contributed by atoms with E-state index in [0.717, 1.165) is 19.0 Å². The van der Waals surface area contributed by atoms with Gasteiger partial charge in [0.15, 0.2) is 0 Å². The van der Waals surface area contributed by atoms with Crippen LogP contribution in [0.25, 0.3) is 0 Å². The summed E-state index contributed by atoms with van der Waals surface area (Å²) in [6, 6.07) is 7.00. The Morgan fingerprint density at radius 3 is 2.62 bits per heavy atom. The molecule has 1 aromatic carbocycles. The standard InChI is InChI=1S/C11H12FN/c12-10-3-1-8(2-4-10)11-5-9(11)6-13-7-11/h1-4,9,13H,5-7H2/t9-,11+/m0/s1. The molecule has 0 unspecified atom stereocenters. The van der Waals surface area contributed by atoms with Crippen LogP contribution >= 0.6 is 0 Å². The molecule has 1 saturated heterocycles. The Morgan fingerprint density at radius 2 is 2.08 bits per heavy atom. The molecule has 0 amide bonds. The lowest BCUT2D eigenvalue weighted by Gasteiger charge is -2.11. The number of halogens is 1. The van der Waals surface area contributed by atoms with Gasteiger partial charge in [-0.2, -0.15) is 0 Å². The second kappa shape index (κ2) is 2.32. The first kappa shape index (κ1) is 7.51. The predicted octanol–water partition coefficient (Wildman–Crippen LogP) is 1.69. The Hall–Kier alpha value is -0.890. The van der Waals surface area contributed by atoms with Crippen molar-refractivity contribution >= 4 is 0 Å². The quantitative estimate of drug-likeness (QED) is 0.688. The van der Waals surface area contributed by atoms with Gasteiger partial charge in [0.25, 0.3) is 0 Å². The van der Waals surface area contributed by atoms with E-state index >= 15 is 0 Å². The first-order chi connectivity index (χ1) is 6.31. The van der Waals surface area contributed by atoms with Gasteiger partial charge in [-0.25, -0.2) is 4.39 Å². The highest BCUT2D eigenvalue weighted by Gasteiger charge is 2.57. The molecule has 0 spiro atoms. The predicted molar refractivity (Wildman–Crippen MR) is 49.1 cm³/mol. The molecule has 3 rings (SSSR count). The molecule has 2 fully saturated rings. The number of nitrogens with one attached hydrogen (secondary N) is 1. The van der Waals surface area contributed by atoms with Gasteiger partial charge < -0.3 is 5.32 Å². The van der Waals surface area contributed by atoms with Gasteiger partial charge in [-0.3, -0.25) is 0 Å². The average Bonchev–Trinajstić information content (AvgIpc) is 2.71. The van der Waals surface area contributed by atoms with Crippen molar-refractivity contribution in [3.63, 3.8) is 0 Å². The van der Waals surface area contributed by atoms with Crippen molar-refractivity contribution in [1.29, 1.82) is 0 Å². The molecular weight excluding hydrogens is 165 g/mol. The molecule has 1 heterocycles. The van der Waals surface area contributed by atoms with Crippen LogP contribution in [0, 0.1) is 11.7 Å². The lowest BCUT2D eigenvalue weighted by molar-refractivity contribution is 0.622. The summed E-state index contributed by atoms with van der Waals surface area (Å²) >= 11 is 0. The van der Waals surface area contributed by atoms with Crippen LogP contribution in [0.2, 0.25) is 0 Å². The second-order valence-electron chi connectivity index (χ2n) is 4.19. The number of benzene rings is 1. The summed E-state index contributed by atoms with van der Waals surface area (Å²) in [4.78, 5) is 0. The third kappa shape index (κ3) is 0.953. The number of rotatable bonds is 1. The molecular formula is C11H12FN. The van der Waals surface area contributed by atoms with E-state index in [-0.39, 0.29) is 5.82 Å². The maximum absolute atomic E-state index is 12.7. The largest absolute Gasteiger partial charge is 0.316 e. The van der Waals surface area contributed by atoms with Gasteiger partial charge in [0.2, 0.25) is 0 Å². The molecule has 1 aliphatic carbocycles. The topological polar surface area (TPSA) is 12.0 Å². The molecule has 13 heavy (non-hydrogen) atoms. The average molecular weight is 177 g/mol. The minimum Gasteiger partial charge on any atom is -0.316 e. The lowest BCUT2D eigenvalue weighted by atomic mass is 9.95. The van der Waals surface area contributed by atoms with Crippen LogP contribution in [0.3, 0.4) is 0 Å². The molecule has 1 nitrogen and oxygen atoms in total. The minimum atomic E-state index is -0.136. The molecule has 0 bridgehead atoms. The zero-order valence-corrected chi connectivity index (χ0v) is 7.39. The first-order valence-corrected chi connectivity index (χ1v) is 4.78. The highest BCUT2D eigenvalue weighted by molar-refractivity contribution is 5.36.